The van der Waals surface area contributed by atoms with Gasteiger partial charge in [-0.3, -0.25) is 9.59 Å². The number of H-pyrrole nitrogens is 1. The van der Waals surface area contributed by atoms with Gasteiger partial charge in [0.15, 0.2) is 5.16 Å². The van der Waals surface area contributed by atoms with Crippen LogP contribution in [-0.2, 0) is 11.2 Å². The predicted octanol–water partition coefficient (Wildman–Crippen LogP) is 2.73. The van der Waals surface area contributed by atoms with Crippen molar-refractivity contribution in [1.29, 1.82) is 0 Å². The molecule has 5 nitrogen and oxygen atoms in total. The zero-order valence-electron chi connectivity index (χ0n) is 12.4. The second-order valence-corrected chi connectivity index (χ2v) is 5.72. The van der Waals surface area contributed by atoms with E-state index >= 15 is 0 Å². The van der Waals surface area contributed by atoms with Gasteiger partial charge in [-0.25, -0.2) is 13.8 Å². The second-order valence-electron chi connectivity index (χ2n) is 4.75. The van der Waals surface area contributed by atoms with Gasteiger partial charge in [0, 0.05) is 17.8 Å². The van der Waals surface area contributed by atoms with Crippen LogP contribution < -0.4 is 10.9 Å². The van der Waals surface area contributed by atoms with E-state index in [1.807, 2.05) is 6.92 Å². The summed E-state index contributed by atoms with van der Waals surface area (Å²) in [4.78, 5) is 30.1. The van der Waals surface area contributed by atoms with E-state index in [1.165, 1.54) is 6.07 Å². The lowest BCUT2D eigenvalue weighted by molar-refractivity contribution is -0.113. The zero-order chi connectivity index (χ0) is 16.8. The molecule has 0 unspecified atom stereocenters. The Kier molecular flexibility index (Phi) is 5.86. The Balaban J connectivity index is 1.99. The number of rotatable bonds is 6. The molecule has 122 valence electrons. The van der Waals surface area contributed by atoms with Gasteiger partial charge < -0.3 is 10.3 Å². The van der Waals surface area contributed by atoms with Gasteiger partial charge in [-0.2, -0.15) is 0 Å². The molecule has 2 rings (SSSR count). The predicted molar refractivity (Wildman–Crippen MR) is 84.6 cm³/mol. The largest absolute Gasteiger partial charge is 0.323 e. The monoisotopic (exact) mass is 339 g/mol. The van der Waals surface area contributed by atoms with E-state index in [0.717, 1.165) is 36.4 Å². The first-order chi connectivity index (χ1) is 11.0. The number of nitrogens with zero attached hydrogens (tertiary/aromatic N) is 1. The lowest BCUT2D eigenvalue weighted by Crippen LogP contribution is -2.16. The maximum Gasteiger partial charge on any atom is 0.251 e. The van der Waals surface area contributed by atoms with E-state index < -0.39 is 17.5 Å². The number of nitrogens with one attached hydrogen (secondary N) is 2. The molecule has 0 aliphatic rings. The summed E-state index contributed by atoms with van der Waals surface area (Å²) >= 11 is 1.02. The highest BCUT2D eigenvalue weighted by molar-refractivity contribution is 7.99. The maximum atomic E-state index is 13.4. The number of aryl methyl sites for hydroxylation is 1. The Morgan fingerprint density at radius 2 is 2.13 bits per heavy atom. The normalized spacial score (nSPS) is 10.6. The number of aromatic amines is 1. The number of hydrogen-bond donors (Lipinski definition) is 2. The number of thioether (sulfide) groups is 1. The Hall–Kier alpha value is -2.22. The van der Waals surface area contributed by atoms with E-state index in [-0.39, 0.29) is 17.0 Å². The van der Waals surface area contributed by atoms with Gasteiger partial charge in [-0.1, -0.05) is 25.1 Å². The van der Waals surface area contributed by atoms with Crippen LogP contribution in [0.2, 0.25) is 0 Å². The number of halogens is 2. The molecular formula is C15H15F2N3O2S. The number of benzene rings is 1. The molecule has 0 radical (unpaired) electrons. The van der Waals surface area contributed by atoms with Gasteiger partial charge in [0.1, 0.15) is 11.6 Å². The Bertz CT molecular complexity index is 765. The summed E-state index contributed by atoms with van der Waals surface area (Å²) in [5.41, 5.74) is 0.134. The number of aromatic nitrogens is 2. The third-order valence-electron chi connectivity index (χ3n) is 2.82. The van der Waals surface area contributed by atoms with Gasteiger partial charge in [0.05, 0.1) is 11.4 Å². The van der Waals surface area contributed by atoms with Crippen molar-refractivity contribution in [1.82, 2.24) is 9.97 Å². The van der Waals surface area contributed by atoms with Crippen LogP contribution in [0.5, 0.6) is 0 Å². The Morgan fingerprint density at radius 1 is 1.35 bits per heavy atom. The number of anilines is 1. The molecular weight excluding hydrogens is 324 g/mol. The number of carbonyl (C=O) groups is 1. The standard InChI is InChI=1S/C15H15F2N3O2S/c1-2-3-10-7-13(21)20-15(18-10)23-8-14(22)19-12-6-9(16)4-5-11(12)17/h4-7H,2-3,8H2,1H3,(H,19,22)(H,18,20,21). The fourth-order valence-corrected chi connectivity index (χ4v) is 2.54. The lowest BCUT2D eigenvalue weighted by Gasteiger charge is -2.06. The lowest BCUT2D eigenvalue weighted by atomic mass is 10.2. The molecule has 2 aromatic rings. The fourth-order valence-electron chi connectivity index (χ4n) is 1.85. The van der Waals surface area contributed by atoms with Crippen molar-refractivity contribution in [3.63, 3.8) is 0 Å². The van der Waals surface area contributed by atoms with Crippen LogP contribution in [0.1, 0.15) is 19.0 Å². The highest BCUT2D eigenvalue weighted by Gasteiger charge is 2.10. The van der Waals surface area contributed by atoms with Crippen molar-refractivity contribution >= 4 is 23.4 Å². The third kappa shape index (κ3) is 5.17. The molecule has 0 saturated heterocycles. The zero-order valence-corrected chi connectivity index (χ0v) is 13.2. The van der Waals surface area contributed by atoms with E-state index in [1.54, 1.807) is 0 Å². The van der Waals surface area contributed by atoms with Crippen LogP contribution in [0.4, 0.5) is 14.5 Å². The number of carbonyl (C=O) groups excluding carboxylic acids is 1. The Labute approximate surface area is 135 Å². The van der Waals surface area contributed by atoms with Crippen LogP contribution in [0.15, 0.2) is 34.2 Å². The quantitative estimate of drug-likeness (QED) is 0.627. The molecule has 1 aromatic carbocycles. The van der Waals surface area contributed by atoms with Gasteiger partial charge in [-0.15, -0.1) is 0 Å². The molecule has 0 bridgehead atoms. The highest BCUT2D eigenvalue weighted by atomic mass is 32.2. The molecule has 0 saturated carbocycles. The van der Waals surface area contributed by atoms with Gasteiger partial charge in [-0.05, 0) is 18.6 Å². The van der Waals surface area contributed by atoms with E-state index in [2.05, 4.69) is 15.3 Å². The van der Waals surface area contributed by atoms with Crippen LogP contribution in [0.3, 0.4) is 0 Å². The first-order valence-electron chi connectivity index (χ1n) is 6.96. The minimum Gasteiger partial charge on any atom is -0.323 e. The van der Waals surface area contributed by atoms with Crippen molar-refractivity contribution in [2.75, 3.05) is 11.1 Å². The van der Waals surface area contributed by atoms with Gasteiger partial charge in [0.2, 0.25) is 5.91 Å². The maximum absolute atomic E-state index is 13.4. The summed E-state index contributed by atoms with van der Waals surface area (Å²) in [5, 5.41) is 2.60. The molecule has 2 N–H and O–H groups in total. The van der Waals surface area contributed by atoms with Crippen molar-refractivity contribution in [3.8, 4) is 0 Å². The van der Waals surface area contributed by atoms with Crippen LogP contribution in [0.25, 0.3) is 0 Å². The first kappa shape index (κ1) is 17.1. The average molecular weight is 339 g/mol. The van der Waals surface area contributed by atoms with Gasteiger partial charge in [0.25, 0.3) is 5.56 Å². The van der Waals surface area contributed by atoms with E-state index in [4.69, 9.17) is 0 Å². The molecule has 0 fully saturated rings. The first-order valence-corrected chi connectivity index (χ1v) is 7.94. The summed E-state index contributed by atoms with van der Waals surface area (Å²) in [5.74, 6) is -1.98. The number of hydrogen-bond acceptors (Lipinski definition) is 4. The van der Waals surface area contributed by atoms with Crippen LogP contribution in [-0.4, -0.2) is 21.6 Å². The topological polar surface area (TPSA) is 74.8 Å². The molecule has 1 amide bonds. The molecule has 0 atom stereocenters. The minimum absolute atomic E-state index is 0.0888. The molecule has 23 heavy (non-hydrogen) atoms. The molecule has 8 heteroatoms. The highest BCUT2D eigenvalue weighted by Crippen LogP contribution is 2.17. The van der Waals surface area contributed by atoms with Gasteiger partial charge >= 0.3 is 0 Å². The van der Waals surface area contributed by atoms with Crippen LogP contribution >= 0.6 is 11.8 Å². The van der Waals surface area contributed by atoms with Crippen molar-refractivity contribution in [3.05, 3.63) is 51.9 Å². The van der Waals surface area contributed by atoms with Crippen LogP contribution in [0, 0.1) is 11.6 Å². The third-order valence-corrected chi connectivity index (χ3v) is 3.69. The minimum atomic E-state index is -0.721. The number of amides is 1. The SMILES string of the molecule is CCCc1cc(=O)[nH]c(SCC(=O)Nc2cc(F)ccc2F)n1. The molecule has 0 aliphatic heterocycles. The van der Waals surface area contributed by atoms with Crippen molar-refractivity contribution < 1.29 is 13.6 Å². The molecule has 0 aliphatic carbocycles. The van der Waals surface area contributed by atoms with Crippen molar-refractivity contribution in [2.24, 2.45) is 0 Å². The summed E-state index contributed by atoms with van der Waals surface area (Å²) in [6.07, 6.45) is 1.51. The molecule has 0 spiro atoms. The summed E-state index contributed by atoms with van der Waals surface area (Å²) in [6, 6.07) is 4.22. The second kappa shape index (κ2) is 7.87. The van der Waals surface area contributed by atoms with E-state index in [0.29, 0.717) is 17.3 Å². The molecule has 1 aromatic heterocycles. The van der Waals surface area contributed by atoms with E-state index in [9.17, 15) is 18.4 Å². The average Bonchev–Trinajstić information content (AvgIpc) is 2.49. The molecule has 1 heterocycles. The fraction of sp³-hybridized carbons (Fsp3) is 0.267. The van der Waals surface area contributed by atoms with Crippen molar-refractivity contribution in [2.45, 2.75) is 24.9 Å². The Morgan fingerprint density at radius 3 is 2.87 bits per heavy atom. The smallest absolute Gasteiger partial charge is 0.251 e. The summed E-state index contributed by atoms with van der Waals surface area (Å²) in [7, 11) is 0. The summed E-state index contributed by atoms with van der Waals surface area (Å²) in [6.45, 7) is 1.97. The summed E-state index contributed by atoms with van der Waals surface area (Å²) < 4.78 is 26.5.